The Morgan fingerprint density at radius 1 is 1.48 bits per heavy atom. The molecule has 1 atom stereocenters. The Balaban J connectivity index is 2.37. The number of carbonyl (C=O) groups excluding carboxylic acids is 1. The fraction of sp³-hybridized carbons (Fsp3) is 0.667. The lowest BCUT2D eigenvalue weighted by Crippen LogP contribution is -2.40. The molecule has 1 aliphatic heterocycles. The predicted molar refractivity (Wildman–Crippen MR) is 77.9 cm³/mol. The third-order valence-corrected chi connectivity index (χ3v) is 6.13. The Kier molecular flexibility index (Phi) is 3.75. The number of amides is 1. The van der Waals surface area contributed by atoms with Crippen LogP contribution >= 0.6 is 0 Å². The van der Waals surface area contributed by atoms with Gasteiger partial charge in [0.25, 0.3) is 0 Å². The largest absolute Gasteiger partial charge is 0.381 e. The van der Waals surface area contributed by atoms with Crippen molar-refractivity contribution in [3.05, 3.63) is 5.69 Å². The number of aromatic nitrogens is 2. The molecule has 0 saturated carbocycles. The number of rotatable bonds is 3. The van der Waals surface area contributed by atoms with Crippen LogP contribution in [-0.4, -0.2) is 48.5 Å². The fourth-order valence-electron chi connectivity index (χ4n) is 2.67. The molecule has 0 spiro atoms. The van der Waals surface area contributed by atoms with Crippen molar-refractivity contribution in [2.24, 2.45) is 12.5 Å². The highest BCUT2D eigenvalue weighted by atomic mass is 32.2. The minimum atomic E-state index is -3.75. The van der Waals surface area contributed by atoms with E-state index in [1.807, 2.05) is 0 Å². The number of anilines is 1. The third kappa shape index (κ3) is 2.40. The van der Waals surface area contributed by atoms with Crippen LogP contribution in [-0.2, 0) is 21.9 Å². The quantitative estimate of drug-likeness (QED) is 0.778. The number of hydrogen-bond donors (Lipinski definition) is 2. The van der Waals surface area contributed by atoms with Gasteiger partial charge >= 0.3 is 0 Å². The molecule has 0 aliphatic carbocycles. The Bertz CT molecular complexity index is 681. The van der Waals surface area contributed by atoms with Crippen LogP contribution in [0.15, 0.2) is 4.90 Å². The molecule has 1 amide bonds. The normalized spacial score (nSPS) is 23.4. The molecule has 21 heavy (non-hydrogen) atoms. The summed E-state index contributed by atoms with van der Waals surface area (Å²) in [6.07, 6.45) is 0.477. The van der Waals surface area contributed by atoms with E-state index in [1.165, 1.54) is 8.99 Å². The summed E-state index contributed by atoms with van der Waals surface area (Å²) in [5.74, 6) is -0.167. The lowest BCUT2D eigenvalue weighted by atomic mass is 9.89. The highest BCUT2D eigenvalue weighted by molar-refractivity contribution is 7.89. The van der Waals surface area contributed by atoms with Gasteiger partial charge in [0.1, 0.15) is 4.90 Å². The van der Waals surface area contributed by atoms with Gasteiger partial charge in [-0.2, -0.15) is 9.40 Å². The van der Waals surface area contributed by atoms with E-state index < -0.39 is 15.4 Å². The summed E-state index contributed by atoms with van der Waals surface area (Å²) in [6.45, 7) is 3.86. The van der Waals surface area contributed by atoms with Crippen molar-refractivity contribution in [1.29, 1.82) is 0 Å². The van der Waals surface area contributed by atoms with Crippen molar-refractivity contribution in [2.45, 2.75) is 25.2 Å². The number of hydrogen-bond acceptors (Lipinski definition) is 5. The number of nitrogens with one attached hydrogen (secondary N) is 1. The van der Waals surface area contributed by atoms with Gasteiger partial charge in [0.05, 0.1) is 11.1 Å². The van der Waals surface area contributed by atoms with E-state index in [2.05, 4.69) is 10.4 Å². The van der Waals surface area contributed by atoms with E-state index in [-0.39, 0.29) is 23.2 Å². The minimum absolute atomic E-state index is 0.0106. The van der Waals surface area contributed by atoms with Gasteiger partial charge in [0.15, 0.2) is 5.82 Å². The molecule has 2 heterocycles. The highest BCUT2D eigenvalue weighted by Gasteiger charge is 2.45. The van der Waals surface area contributed by atoms with Crippen LogP contribution in [0.4, 0.5) is 5.82 Å². The lowest BCUT2D eigenvalue weighted by molar-refractivity contribution is -0.128. The summed E-state index contributed by atoms with van der Waals surface area (Å²) in [4.78, 5) is 11.9. The van der Waals surface area contributed by atoms with Crippen molar-refractivity contribution in [3.8, 4) is 0 Å². The van der Waals surface area contributed by atoms with E-state index in [0.29, 0.717) is 18.7 Å². The van der Waals surface area contributed by atoms with E-state index in [4.69, 9.17) is 5.73 Å². The molecule has 0 radical (unpaired) electrons. The zero-order chi connectivity index (χ0) is 16.0. The molecule has 118 valence electrons. The zero-order valence-electron chi connectivity index (χ0n) is 12.7. The lowest BCUT2D eigenvalue weighted by Gasteiger charge is -2.22. The monoisotopic (exact) mass is 315 g/mol. The smallest absolute Gasteiger partial charge is 0.248 e. The molecule has 0 aromatic carbocycles. The Morgan fingerprint density at radius 2 is 2.10 bits per heavy atom. The fourth-order valence-corrected chi connectivity index (χ4v) is 4.53. The number of nitrogens with zero attached hydrogens (tertiary/aromatic N) is 3. The van der Waals surface area contributed by atoms with Gasteiger partial charge in [-0.1, -0.05) is 0 Å². The molecule has 2 rings (SSSR count). The SMILES string of the molecule is CNC(=O)C1(C)CCN(S(=O)(=O)c2c(N)nn(C)c2C)C1. The first-order valence-corrected chi connectivity index (χ1v) is 8.09. The van der Waals surface area contributed by atoms with Crippen LogP contribution in [0.2, 0.25) is 0 Å². The second-order valence-electron chi connectivity index (χ2n) is 5.65. The molecule has 3 N–H and O–H groups in total. The molecule has 1 saturated heterocycles. The second kappa shape index (κ2) is 4.99. The molecule has 1 unspecified atom stereocenters. The number of carbonyl (C=O) groups is 1. The standard InChI is InChI=1S/C12H21N5O3S/c1-8-9(10(13)15-16(8)4)21(19,20)17-6-5-12(2,7-17)11(18)14-3/h5-7H2,1-4H3,(H2,13,15)(H,14,18). The van der Waals surface area contributed by atoms with E-state index in [1.54, 1.807) is 27.9 Å². The molecule has 9 heteroatoms. The Labute approximate surface area is 124 Å². The molecule has 1 aromatic heterocycles. The van der Waals surface area contributed by atoms with Crippen molar-refractivity contribution in [2.75, 3.05) is 25.9 Å². The van der Waals surface area contributed by atoms with E-state index >= 15 is 0 Å². The molecule has 1 aliphatic rings. The second-order valence-corrected chi connectivity index (χ2v) is 7.53. The number of nitrogen functional groups attached to an aromatic ring is 1. The van der Waals surface area contributed by atoms with Crippen LogP contribution in [0.3, 0.4) is 0 Å². The summed E-state index contributed by atoms with van der Waals surface area (Å²) in [7, 11) is -0.555. The van der Waals surface area contributed by atoms with Crippen LogP contribution in [0, 0.1) is 12.3 Å². The first-order chi connectivity index (χ1) is 9.63. The maximum atomic E-state index is 12.7. The van der Waals surface area contributed by atoms with Gasteiger partial charge in [-0.15, -0.1) is 0 Å². The minimum Gasteiger partial charge on any atom is -0.381 e. The topological polar surface area (TPSA) is 110 Å². The molecule has 1 aromatic rings. The van der Waals surface area contributed by atoms with Crippen molar-refractivity contribution in [1.82, 2.24) is 19.4 Å². The number of aryl methyl sites for hydroxylation is 1. The van der Waals surface area contributed by atoms with Crippen LogP contribution in [0.1, 0.15) is 19.0 Å². The molecular weight excluding hydrogens is 294 g/mol. The molecule has 8 nitrogen and oxygen atoms in total. The summed E-state index contributed by atoms with van der Waals surface area (Å²) >= 11 is 0. The van der Waals surface area contributed by atoms with Gasteiger partial charge in [0.2, 0.25) is 15.9 Å². The van der Waals surface area contributed by atoms with Gasteiger partial charge in [-0.3, -0.25) is 9.48 Å². The highest BCUT2D eigenvalue weighted by Crippen LogP contribution is 2.35. The number of nitrogens with two attached hydrogens (primary N) is 1. The van der Waals surface area contributed by atoms with Gasteiger partial charge < -0.3 is 11.1 Å². The number of sulfonamides is 1. The van der Waals surface area contributed by atoms with Gasteiger partial charge in [-0.25, -0.2) is 8.42 Å². The maximum absolute atomic E-state index is 12.7. The summed E-state index contributed by atoms with van der Waals surface area (Å²) in [5.41, 5.74) is 5.50. The summed E-state index contributed by atoms with van der Waals surface area (Å²) in [6, 6.07) is 0. The van der Waals surface area contributed by atoms with Crippen molar-refractivity contribution < 1.29 is 13.2 Å². The van der Waals surface area contributed by atoms with Gasteiger partial charge in [0, 0.05) is 27.2 Å². The zero-order valence-corrected chi connectivity index (χ0v) is 13.5. The molecule has 0 bridgehead atoms. The van der Waals surface area contributed by atoms with Crippen molar-refractivity contribution >= 4 is 21.7 Å². The van der Waals surface area contributed by atoms with E-state index in [0.717, 1.165) is 0 Å². The average Bonchev–Trinajstić information content (AvgIpc) is 2.92. The third-order valence-electron chi connectivity index (χ3n) is 4.12. The van der Waals surface area contributed by atoms with Crippen LogP contribution in [0.5, 0.6) is 0 Å². The van der Waals surface area contributed by atoms with Gasteiger partial charge in [-0.05, 0) is 20.3 Å². The summed E-state index contributed by atoms with van der Waals surface area (Å²) in [5, 5.41) is 6.53. The van der Waals surface area contributed by atoms with E-state index in [9.17, 15) is 13.2 Å². The predicted octanol–water partition coefficient (Wildman–Crippen LogP) is -0.543. The first-order valence-electron chi connectivity index (χ1n) is 6.65. The molecular formula is C12H21N5O3S. The van der Waals surface area contributed by atoms with Crippen molar-refractivity contribution in [3.63, 3.8) is 0 Å². The van der Waals surface area contributed by atoms with Crippen LogP contribution in [0.25, 0.3) is 0 Å². The summed E-state index contributed by atoms with van der Waals surface area (Å²) < 4.78 is 28.2. The Morgan fingerprint density at radius 3 is 2.57 bits per heavy atom. The Hall–Kier alpha value is -1.61. The maximum Gasteiger partial charge on any atom is 0.248 e. The first kappa shape index (κ1) is 15.8. The molecule has 1 fully saturated rings. The average molecular weight is 315 g/mol. The van der Waals surface area contributed by atoms with Crippen LogP contribution < -0.4 is 11.1 Å².